The van der Waals surface area contributed by atoms with Crippen molar-refractivity contribution in [1.29, 1.82) is 0 Å². The van der Waals surface area contributed by atoms with E-state index in [1.54, 1.807) is 55.5 Å². The average Bonchev–Trinajstić information content (AvgIpc) is 2.81. The fourth-order valence-electron chi connectivity index (χ4n) is 2.96. The van der Waals surface area contributed by atoms with E-state index in [0.29, 0.717) is 38.5 Å². The third kappa shape index (κ3) is 6.35. The topological polar surface area (TPSA) is 76.7 Å². The van der Waals surface area contributed by atoms with Gasteiger partial charge in [0.1, 0.15) is 17.1 Å². The van der Waals surface area contributed by atoms with Crippen molar-refractivity contribution in [2.75, 3.05) is 24.9 Å². The van der Waals surface area contributed by atoms with Crippen molar-refractivity contribution in [3.63, 3.8) is 0 Å². The highest BCUT2D eigenvalue weighted by Crippen LogP contribution is 2.30. The summed E-state index contributed by atoms with van der Waals surface area (Å²) in [6, 6.07) is 17.3. The molecule has 0 fully saturated rings. The molecule has 0 spiro atoms. The fraction of sp³-hybridized carbons (Fsp3) is 0.167. The average molecular weight is 505 g/mol. The molecule has 33 heavy (non-hydrogen) atoms. The third-order valence-electron chi connectivity index (χ3n) is 4.64. The lowest BCUT2D eigenvalue weighted by atomic mass is 10.1. The van der Waals surface area contributed by atoms with Gasteiger partial charge in [-0.15, -0.1) is 11.8 Å². The van der Waals surface area contributed by atoms with Crippen LogP contribution in [0.3, 0.4) is 0 Å². The number of amides is 2. The molecule has 3 aromatic carbocycles. The Hall–Kier alpha value is -2.87. The molecule has 3 aromatic rings. The van der Waals surface area contributed by atoms with Crippen LogP contribution in [0.25, 0.3) is 0 Å². The molecule has 0 aromatic heterocycles. The zero-order valence-electron chi connectivity index (χ0n) is 18.1. The van der Waals surface area contributed by atoms with Gasteiger partial charge in [0.2, 0.25) is 5.91 Å². The van der Waals surface area contributed by atoms with Crippen LogP contribution in [0.4, 0.5) is 11.4 Å². The molecule has 172 valence electrons. The largest absolute Gasteiger partial charge is 0.496 e. The molecule has 1 unspecified atom stereocenters. The van der Waals surface area contributed by atoms with Crippen LogP contribution in [-0.4, -0.2) is 31.3 Å². The number of carbonyl (C=O) groups excluding carboxylic acids is 2. The number of thioether (sulfide) groups is 1. The van der Waals surface area contributed by atoms with Gasteiger partial charge in [0.05, 0.1) is 29.5 Å². The first-order chi connectivity index (χ1) is 15.8. The number of anilines is 2. The fourth-order valence-corrected chi connectivity index (χ4v) is 4.13. The van der Waals surface area contributed by atoms with Crippen LogP contribution in [0.15, 0.2) is 65.6 Å². The number of halogens is 2. The molecule has 9 heteroatoms. The molecule has 0 radical (unpaired) electrons. The molecule has 6 nitrogen and oxygen atoms in total. The molecule has 1 atom stereocenters. The van der Waals surface area contributed by atoms with Gasteiger partial charge < -0.3 is 20.1 Å². The highest BCUT2D eigenvalue weighted by Gasteiger charge is 2.19. The summed E-state index contributed by atoms with van der Waals surface area (Å²) in [5.74, 6) is 0.319. The molecule has 0 saturated carbocycles. The van der Waals surface area contributed by atoms with E-state index in [1.165, 1.54) is 26.0 Å². The van der Waals surface area contributed by atoms with Gasteiger partial charge >= 0.3 is 0 Å². The standard InChI is InChI=1S/C24H22Cl2N2O4S/c1-14(23(29)28-16-9-12-18(25)19(26)13-16)33-17-10-7-15(8-11-17)27-24(30)22-20(31-2)5-4-6-21(22)32-3/h4-14H,1-3H3,(H,27,30)(H,28,29). The first kappa shape index (κ1) is 24.8. The Morgan fingerprint density at radius 2 is 1.45 bits per heavy atom. The lowest BCUT2D eigenvalue weighted by molar-refractivity contribution is -0.115. The van der Waals surface area contributed by atoms with Crippen LogP contribution in [0.5, 0.6) is 11.5 Å². The maximum Gasteiger partial charge on any atom is 0.263 e. The Balaban J connectivity index is 1.62. The highest BCUT2D eigenvalue weighted by molar-refractivity contribution is 8.00. The van der Waals surface area contributed by atoms with E-state index in [9.17, 15) is 9.59 Å². The van der Waals surface area contributed by atoms with Crippen molar-refractivity contribution >= 4 is 58.2 Å². The number of benzene rings is 3. The molecular weight excluding hydrogens is 483 g/mol. The summed E-state index contributed by atoms with van der Waals surface area (Å²) in [5.41, 5.74) is 1.49. The highest BCUT2D eigenvalue weighted by atomic mass is 35.5. The van der Waals surface area contributed by atoms with E-state index in [2.05, 4.69) is 10.6 Å². The SMILES string of the molecule is COc1cccc(OC)c1C(=O)Nc1ccc(SC(C)C(=O)Nc2ccc(Cl)c(Cl)c2)cc1. The van der Waals surface area contributed by atoms with E-state index in [-0.39, 0.29) is 17.1 Å². The Kier molecular flexibility index (Phi) is 8.49. The number of ether oxygens (including phenoxy) is 2. The summed E-state index contributed by atoms with van der Waals surface area (Å²) in [7, 11) is 2.99. The molecule has 3 rings (SSSR count). The van der Waals surface area contributed by atoms with Crippen molar-refractivity contribution in [1.82, 2.24) is 0 Å². The predicted octanol–water partition coefficient (Wildman–Crippen LogP) is 6.38. The van der Waals surface area contributed by atoms with Crippen LogP contribution in [0.1, 0.15) is 17.3 Å². The second-order valence-corrected chi connectivity index (χ2v) is 9.12. The smallest absolute Gasteiger partial charge is 0.263 e. The second kappa shape index (κ2) is 11.3. The molecule has 2 N–H and O–H groups in total. The first-order valence-corrected chi connectivity index (χ1v) is 11.5. The summed E-state index contributed by atoms with van der Waals surface area (Å²) in [6.45, 7) is 1.81. The van der Waals surface area contributed by atoms with E-state index in [1.807, 2.05) is 12.1 Å². The number of hydrogen-bond acceptors (Lipinski definition) is 5. The summed E-state index contributed by atoms with van der Waals surface area (Å²) in [5, 5.41) is 6.10. The van der Waals surface area contributed by atoms with Gasteiger partial charge in [-0.2, -0.15) is 0 Å². The maximum atomic E-state index is 12.8. The van der Waals surface area contributed by atoms with Gasteiger partial charge in [-0.05, 0) is 61.5 Å². The van der Waals surface area contributed by atoms with Crippen LogP contribution >= 0.6 is 35.0 Å². The molecule has 0 saturated heterocycles. The molecular formula is C24H22Cl2N2O4S. The summed E-state index contributed by atoms with van der Waals surface area (Å²) in [4.78, 5) is 26.2. The van der Waals surface area contributed by atoms with Crippen LogP contribution < -0.4 is 20.1 Å². The van der Waals surface area contributed by atoms with Gasteiger partial charge in [-0.3, -0.25) is 9.59 Å². The molecule has 0 aliphatic rings. The summed E-state index contributed by atoms with van der Waals surface area (Å²) in [6.07, 6.45) is 0. The first-order valence-electron chi connectivity index (χ1n) is 9.87. The van der Waals surface area contributed by atoms with Crippen molar-refractivity contribution in [3.8, 4) is 11.5 Å². The molecule has 0 bridgehead atoms. The minimum atomic E-state index is -0.363. The van der Waals surface area contributed by atoms with E-state index in [4.69, 9.17) is 32.7 Å². The quantitative estimate of drug-likeness (QED) is 0.348. The van der Waals surface area contributed by atoms with Gasteiger partial charge in [-0.1, -0.05) is 29.3 Å². The number of hydrogen-bond donors (Lipinski definition) is 2. The Morgan fingerprint density at radius 1 is 0.848 bits per heavy atom. The Morgan fingerprint density at radius 3 is 2.03 bits per heavy atom. The Bertz CT molecular complexity index is 1130. The second-order valence-electron chi connectivity index (χ2n) is 6.89. The van der Waals surface area contributed by atoms with Crippen molar-refractivity contribution in [2.45, 2.75) is 17.1 Å². The van der Waals surface area contributed by atoms with Gasteiger partial charge in [0.25, 0.3) is 5.91 Å². The van der Waals surface area contributed by atoms with Gasteiger partial charge in [-0.25, -0.2) is 0 Å². The van der Waals surface area contributed by atoms with Crippen molar-refractivity contribution in [2.24, 2.45) is 0 Å². The zero-order valence-corrected chi connectivity index (χ0v) is 20.5. The minimum absolute atomic E-state index is 0.168. The zero-order chi connectivity index (χ0) is 24.0. The van der Waals surface area contributed by atoms with Crippen LogP contribution in [0.2, 0.25) is 10.0 Å². The predicted molar refractivity (Wildman–Crippen MR) is 134 cm³/mol. The monoisotopic (exact) mass is 504 g/mol. The third-order valence-corrected chi connectivity index (χ3v) is 6.49. The summed E-state index contributed by atoms with van der Waals surface area (Å²) >= 11 is 13.3. The van der Waals surface area contributed by atoms with E-state index < -0.39 is 0 Å². The lowest BCUT2D eigenvalue weighted by Crippen LogP contribution is -2.22. The number of rotatable bonds is 8. The van der Waals surface area contributed by atoms with Crippen LogP contribution in [0, 0.1) is 0 Å². The van der Waals surface area contributed by atoms with Gasteiger partial charge in [0.15, 0.2) is 0 Å². The normalized spacial score (nSPS) is 11.4. The Labute approximate surface area is 206 Å². The van der Waals surface area contributed by atoms with Gasteiger partial charge in [0, 0.05) is 16.3 Å². The molecule has 0 aliphatic carbocycles. The molecule has 0 aliphatic heterocycles. The maximum absolute atomic E-state index is 12.8. The van der Waals surface area contributed by atoms with Crippen molar-refractivity contribution in [3.05, 3.63) is 76.3 Å². The number of methoxy groups -OCH3 is 2. The molecule has 0 heterocycles. The van der Waals surface area contributed by atoms with E-state index >= 15 is 0 Å². The summed E-state index contributed by atoms with van der Waals surface area (Å²) < 4.78 is 10.6. The number of carbonyl (C=O) groups is 2. The van der Waals surface area contributed by atoms with Crippen molar-refractivity contribution < 1.29 is 19.1 Å². The number of nitrogens with one attached hydrogen (secondary N) is 2. The lowest BCUT2D eigenvalue weighted by Gasteiger charge is -2.14. The molecule has 2 amide bonds. The minimum Gasteiger partial charge on any atom is -0.496 e. The van der Waals surface area contributed by atoms with E-state index in [0.717, 1.165) is 4.90 Å². The van der Waals surface area contributed by atoms with Crippen LogP contribution in [-0.2, 0) is 4.79 Å².